The zero-order chi connectivity index (χ0) is 13.8. The van der Waals surface area contributed by atoms with E-state index in [1.54, 1.807) is 12.1 Å². The number of carboxylic acid groups (broad SMARTS) is 1. The maximum absolute atomic E-state index is 10.6. The summed E-state index contributed by atoms with van der Waals surface area (Å²) >= 11 is 0. The molecule has 1 atom stereocenters. The Morgan fingerprint density at radius 2 is 1.89 bits per heavy atom. The minimum atomic E-state index is -0.964. The Labute approximate surface area is 108 Å². The van der Waals surface area contributed by atoms with Crippen molar-refractivity contribution in [3.05, 3.63) is 29.8 Å². The molecule has 0 fully saturated rings. The number of hydrogen-bond donors (Lipinski definition) is 2. The fourth-order valence-electron chi connectivity index (χ4n) is 1.31. The van der Waals surface area contributed by atoms with Crippen molar-refractivity contribution in [2.24, 2.45) is 0 Å². The molecular formula is C14H21NO3. The molecule has 0 radical (unpaired) electrons. The zero-order valence-corrected chi connectivity index (χ0v) is 11.4. The van der Waals surface area contributed by atoms with E-state index in [9.17, 15) is 4.79 Å². The van der Waals surface area contributed by atoms with Crippen molar-refractivity contribution in [2.75, 3.05) is 0 Å². The molecule has 0 aliphatic rings. The number of ether oxygens (including phenoxy) is 1. The Morgan fingerprint density at radius 3 is 2.33 bits per heavy atom. The zero-order valence-electron chi connectivity index (χ0n) is 11.4. The van der Waals surface area contributed by atoms with Gasteiger partial charge in [0.05, 0.1) is 0 Å². The van der Waals surface area contributed by atoms with Crippen LogP contribution in [0.5, 0.6) is 5.75 Å². The van der Waals surface area contributed by atoms with Crippen LogP contribution in [0.2, 0.25) is 0 Å². The number of carbonyl (C=O) groups is 1. The second-order valence-electron chi connectivity index (χ2n) is 5.35. The second kappa shape index (κ2) is 5.87. The van der Waals surface area contributed by atoms with E-state index in [-0.39, 0.29) is 5.54 Å². The van der Waals surface area contributed by atoms with Crippen molar-refractivity contribution in [3.63, 3.8) is 0 Å². The van der Waals surface area contributed by atoms with Crippen LogP contribution in [0.15, 0.2) is 24.3 Å². The third kappa shape index (κ3) is 5.19. The van der Waals surface area contributed by atoms with Gasteiger partial charge in [-0.15, -0.1) is 0 Å². The molecular weight excluding hydrogens is 230 g/mol. The summed E-state index contributed by atoms with van der Waals surface area (Å²) in [5, 5.41) is 12.1. The van der Waals surface area contributed by atoms with Crippen LogP contribution in [0.25, 0.3) is 0 Å². The summed E-state index contributed by atoms with van der Waals surface area (Å²) in [4.78, 5) is 10.6. The predicted octanol–water partition coefficient (Wildman–Crippen LogP) is 2.43. The Hall–Kier alpha value is -1.55. The van der Waals surface area contributed by atoms with Crippen molar-refractivity contribution >= 4 is 5.97 Å². The highest BCUT2D eigenvalue weighted by Gasteiger charge is 2.12. The largest absolute Gasteiger partial charge is 0.479 e. The van der Waals surface area contributed by atoms with E-state index in [2.05, 4.69) is 26.1 Å². The third-order valence-corrected chi connectivity index (χ3v) is 2.41. The predicted molar refractivity (Wildman–Crippen MR) is 70.8 cm³/mol. The molecule has 1 aromatic rings. The van der Waals surface area contributed by atoms with Crippen molar-refractivity contribution < 1.29 is 14.6 Å². The molecule has 100 valence electrons. The van der Waals surface area contributed by atoms with Gasteiger partial charge in [0.15, 0.2) is 6.10 Å². The molecule has 0 aromatic heterocycles. The Bertz CT molecular complexity index is 392. The first kappa shape index (κ1) is 14.5. The molecule has 0 amide bonds. The van der Waals surface area contributed by atoms with Gasteiger partial charge in [-0.1, -0.05) is 12.1 Å². The Morgan fingerprint density at radius 1 is 1.33 bits per heavy atom. The minimum Gasteiger partial charge on any atom is -0.479 e. The molecule has 1 rings (SSSR count). The summed E-state index contributed by atoms with van der Waals surface area (Å²) in [5.41, 5.74) is 1.22. The Kier molecular flexibility index (Phi) is 4.73. The van der Waals surface area contributed by atoms with Gasteiger partial charge in [-0.3, -0.25) is 0 Å². The average molecular weight is 251 g/mol. The molecule has 0 bridgehead atoms. The standard InChI is InChI=1S/C14H21NO3/c1-10(13(16)17)18-12-7-5-11(6-8-12)9-15-14(2,3)4/h5-8,10,15H,9H2,1-4H3,(H,16,17). The molecule has 1 unspecified atom stereocenters. The van der Waals surface area contributed by atoms with Gasteiger partial charge >= 0.3 is 5.97 Å². The highest BCUT2D eigenvalue weighted by molar-refractivity contribution is 5.72. The highest BCUT2D eigenvalue weighted by Crippen LogP contribution is 2.14. The first-order valence-electron chi connectivity index (χ1n) is 6.01. The van der Waals surface area contributed by atoms with E-state index in [4.69, 9.17) is 9.84 Å². The summed E-state index contributed by atoms with van der Waals surface area (Å²) < 4.78 is 5.26. The van der Waals surface area contributed by atoms with E-state index in [1.165, 1.54) is 6.92 Å². The number of aliphatic carboxylic acids is 1. The maximum atomic E-state index is 10.6. The van der Waals surface area contributed by atoms with Gasteiger partial charge in [0.2, 0.25) is 0 Å². The fraction of sp³-hybridized carbons (Fsp3) is 0.500. The highest BCUT2D eigenvalue weighted by atomic mass is 16.5. The molecule has 0 aliphatic heterocycles. The fourth-order valence-corrected chi connectivity index (χ4v) is 1.31. The molecule has 1 aromatic carbocycles. The van der Waals surface area contributed by atoms with E-state index in [0.29, 0.717) is 5.75 Å². The summed E-state index contributed by atoms with van der Waals surface area (Å²) in [6, 6.07) is 7.45. The molecule has 0 aliphatic carbocycles. The van der Waals surface area contributed by atoms with Crippen molar-refractivity contribution in [1.82, 2.24) is 5.32 Å². The molecule has 0 saturated carbocycles. The van der Waals surface area contributed by atoms with Crippen LogP contribution in [-0.4, -0.2) is 22.7 Å². The van der Waals surface area contributed by atoms with E-state index in [1.807, 2.05) is 12.1 Å². The van der Waals surface area contributed by atoms with Gasteiger partial charge < -0.3 is 15.2 Å². The third-order valence-electron chi connectivity index (χ3n) is 2.41. The molecule has 4 heteroatoms. The van der Waals surface area contributed by atoms with Crippen LogP contribution in [-0.2, 0) is 11.3 Å². The molecule has 0 spiro atoms. The van der Waals surface area contributed by atoms with Crippen LogP contribution in [0.4, 0.5) is 0 Å². The van der Waals surface area contributed by atoms with Crippen LogP contribution in [0, 0.1) is 0 Å². The molecule has 0 heterocycles. The lowest BCUT2D eigenvalue weighted by molar-refractivity contribution is -0.144. The molecule has 2 N–H and O–H groups in total. The number of rotatable bonds is 5. The first-order chi connectivity index (χ1) is 8.28. The summed E-state index contributed by atoms with van der Waals surface area (Å²) in [7, 11) is 0. The molecule has 0 saturated heterocycles. The van der Waals surface area contributed by atoms with Crippen molar-refractivity contribution in [1.29, 1.82) is 0 Å². The lowest BCUT2D eigenvalue weighted by atomic mass is 10.1. The van der Waals surface area contributed by atoms with E-state index < -0.39 is 12.1 Å². The van der Waals surface area contributed by atoms with Crippen molar-refractivity contribution in [3.8, 4) is 5.75 Å². The van der Waals surface area contributed by atoms with Gasteiger partial charge in [0, 0.05) is 12.1 Å². The van der Waals surface area contributed by atoms with Crippen LogP contribution >= 0.6 is 0 Å². The second-order valence-corrected chi connectivity index (χ2v) is 5.35. The number of hydrogen-bond acceptors (Lipinski definition) is 3. The summed E-state index contributed by atoms with van der Waals surface area (Å²) in [5.74, 6) is -0.391. The van der Waals surface area contributed by atoms with Gasteiger partial charge in [0.25, 0.3) is 0 Å². The average Bonchev–Trinajstić information content (AvgIpc) is 2.27. The van der Waals surface area contributed by atoms with E-state index >= 15 is 0 Å². The quantitative estimate of drug-likeness (QED) is 0.843. The maximum Gasteiger partial charge on any atom is 0.344 e. The summed E-state index contributed by atoms with van der Waals surface area (Å²) in [6.07, 6.45) is -0.830. The smallest absolute Gasteiger partial charge is 0.344 e. The molecule has 4 nitrogen and oxygen atoms in total. The Balaban J connectivity index is 2.55. The van der Waals surface area contributed by atoms with E-state index in [0.717, 1.165) is 12.1 Å². The number of benzene rings is 1. The van der Waals surface area contributed by atoms with Crippen molar-refractivity contribution in [2.45, 2.75) is 45.9 Å². The SMILES string of the molecule is CC(Oc1ccc(CNC(C)(C)C)cc1)C(=O)O. The minimum absolute atomic E-state index is 0.0764. The monoisotopic (exact) mass is 251 g/mol. The van der Waals surface area contributed by atoms with Gasteiger partial charge in [-0.05, 0) is 45.4 Å². The van der Waals surface area contributed by atoms with Gasteiger partial charge in [0.1, 0.15) is 5.75 Å². The topological polar surface area (TPSA) is 58.6 Å². The van der Waals surface area contributed by atoms with Crippen LogP contribution < -0.4 is 10.1 Å². The lowest BCUT2D eigenvalue weighted by Gasteiger charge is -2.20. The normalized spacial score (nSPS) is 13.1. The lowest BCUT2D eigenvalue weighted by Crippen LogP contribution is -2.35. The number of carboxylic acids is 1. The van der Waals surface area contributed by atoms with Crippen LogP contribution in [0.1, 0.15) is 33.3 Å². The molecule has 18 heavy (non-hydrogen) atoms. The summed E-state index contributed by atoms with van der Waals surface area (Å²) in [6.45, 7) is 8.62. The van der Waals surface area contributed by atoms with Gasteiger partial charge in [-0.2, -0.15) is 0 Å². The van der Waals surface area contributed by atoms with Crippen LogP contribution in [0.3, 0.4) is 0 Å². The number of nitrogens with one attached hydrogen (secondary N) is 1. The first-order valence-corrected chi connectivity index (χ1v) is 6.01. The van der Waals surface area contributed by atoms with Gasteiger partial charge in [-0.25, -0.2) is 4.79 Å².